The summed E-state index contributed by atoms with van der Waals surface area (Å²) in [4.78, 5) is 29.1. The first kappa shape index (κ1) is 16.5. The van der Waals surface area contributed by atoms with Crippen LogP contribution in [-0.4, -0.2) is 73.8 Å². The molecule has 4 rings (SSSR count). The SMILES string of the molecule is O=C(CSc1nnnn1C1CC1)N1CCN(C(=O)c2cccs2)CC1. The molecule has 0 N–H and O–H groups in total. The number of nitrogens with zero attached hydrogens (tertiary/aromatic N) is 6. The average molecular weight is 378 g/mol. The van der Waals surface area contributed by atoms with Crippen LogP contribution in [0.2, 0.25) is 0 Å². The van der Waals surface area contributed by atoms with Gasteiger partial charge in [-0.15, -0.1) is 16.4 Å². The van der Waals surface area contributed by atoms with Gasteiger partial charge < -0.3 is 9.80 Å². The van der Waals surface area contributed by atoms with Crippen LogP contribution in [-0.2, 0) is 4.79 Å². The first-order chi connectivity index (χ1) is 12.2. The highest BCUT2D eigenvalue weighted by atomic mass is 32.2. The van der Waals surface area contributed by atoms with Crippen molar-refractivity contribution in [3.05, 3.63) is 22.4 Å². The second-order valence-electron chi connectivity index (χ2n) is 6.08. The molecule has 25 heavy (non-hydrogen) atoms. The number of carbonyl (C=O) groups is 2. The molecule has 2 amide bonds. The molecule has 8 nitrogen and oxygen atoms in total. The smallest absolute Gasteiger partial charge is 0.264 e. The normalized spacial score (nSPS) is 17.8. The highest BCUT2D eigenvalue weighted by molar-refractivity contribution is 7.99. The highest BCUT2D eigenvalue weighted by Crippen LogP contribution is 2.36. The summed E-state index contributed by atoms with van der Waals surface area (Å²) in [6, 6.07) is 4.12. The van der Waals surface area contributed by atoms with Gasteiger partial charge in [-0.25, -0.2) is 4.68 Å². The van der Waals surface area contributed by atoms with Crippen molar-refractivity contribution in [2.45, 2.75) is 24.0 Å². The first-order valence-corrected chi connectivity index (χ1v) is 10.1. The van der Waals surface area contributed by atoms with E-state index < -0.39 is 0 Å². The van der Waals surface area contributed by atoms with Crippen molar-refractivity contribution in [1.82, 2.24) is 30.0 Å². The monoisotopic (exact) mass is 378 g/mol. The number of hydrogen-bond donors (Lipinski definition) is 0. The molecule has 0 radical (unpaired) electrons. The molecule has 10 heteroatoms. The van der Waals surface area contributed by atoms with Crippen LogP contribution in [0.5, 0.6) is 0 Å². The third kappa shape index (κ3) is 3.69. The Hall–Kier alpha value is -1.94. The van der Waals surface area contributed by atoms with E-state index in [0.717, 1.165) is 17.7 Å². The van der Waals surface area contributed by atoms with Gasteiger partial charge in [-0.2, -0.15) is 0 Å². The number of carbonyl (C=O) groups excluding carboxylic acids is 2. The van der Waals surface area contributed by atoms with Crippen molar-refractivity contribution in [2.24, 2.45) is 0 Å². The maximum atomic E-state index is 12.4. The molecule has 0 atom stereocenters. The van der Waals surface area contributed by atoms with Gasteiger partial charge in [-0.3, -0.25) is 9.59 Å². The molecule has 132 valence electrons. The third-order valence-electron chi connectivity index (χ3n) is 4.33. The summed E-state index contributed by atoms with van der Waals surface area (Å²) < 4.78 is 1.82. The summed E-state index contributed by atoms with van der Waals surface area (Å²) in [5.41, 5.74) is 0. The highest BCUT2D eigenvalue weighted by Gasteiger charge is 2.29. The molecule has 1 saturated heterocycles. The number of thiophene rings is 1. The maximum absolute atomic E-state index is 12.4. The fourth-order valence-electron chi connectivity index (χ4n) is 2.76. The molecule has 0 spiro atoms. The molecule has 1 saturated carbocycles. The van der Waals surface area contributed by atoms with E-state index in [1.807, 2.05) is 32.0 Å². The first-order valence-electron chi connectivity index (χ1n) is 8.23. The molecule has 2 aromatic rings. The fourth-order valence-corrected chi connectivity index (χ4v) is 4.30. The fraction of sp³-hybridized carbons (Fsp3) is 0.533. The third-order valence-corrected chi connectivity index (χ3v) is 6.11. The summed E-state index contributed by atoms with van der Waals surface area (Å²) in [7, 11) is 0. The van der Waals surface area contributed by atoms with Gasteiger partial charge in [-0.05, 0) is 34.7 Å². The quantitative estimate of drug-likeness (QED) is 0.726. The number of tetrazole rings is 1. The van der Waals surface area contributed by atoms with E-state index in [-0.39, 0.29) is 11.8 Å². The molecule has 1 aliphatic heterocycles. The van der Waals surface area contributed by atoms with Crippen LogP contribution in [0.15, 0.2) is 22.7 Å². The van der Waals surface area contributed by atoms with Crippen molar-refractivity contribution in [2.75, 3.05) is 31.9 Å². The van der Waals surface area contributed by atoms with Crippen LogP contribution in [0.1, 0.15) is 28.6 Å². The molecule has 1 aliphatic carbocycles. The Balaban J connectivity index is 1.26. The minimum absolute atomic E-state index is 0.0556. The molecule has 0 unspecified atom stereocenters. The molecule has 0 bridgehead atoms. The Morgan fingerprint density at radius 1 is 1.20 bits per heavy atom. The molecule has 0 aromatic carbocycles. The lowest BCUT2D eigenvalue weighted by molar-refractivity contribution is -0.129. The lowest BCUT2D eigenvalue weighted by Gasteiger charge is -2.34. The second-order valence-corrected chi connectivity index (χ2v) is 7.97. The van der Waals surface area contributed by atoms with E-state index >= 15 is 0 Å². The van der Waals surface area contributed by atoms with Crippen LogP contribution in [0.3, 0.4) is 0 Å². The number of aromatic nitrogens is 4. The Bertz CT molecular complexity index is 750. The molecule has 2 fully saturated rings. The molecule has 3 heterocycles. The Morgan fingerprint density at radius 3 is 2.64 bits per heavy atom. The van der Waals surface area contributed by atoms with E-state index in [1.54, 1.807) is 0 Å². The number of piperazine rings is 1. The van der Waals surface area contributed by atoms with Gasteiger partial charge in [0, 0.05) is 26.2 Å². The van der Waals surface area contributed by atoms with Crippen LogP contribution in [0.4, 0.5) is 0 Å². The van der Waals surface area contributed by atoms with E-state index in [1.165, 1.54) is 23.1 Å². The van der Waals surface area contributed by atoms with Crippen molar-refractivity contribution in [3.63, 3.8) is 0 Å². The lowest BCUT2D eigenvalue weighted by atomic mass is 10.3. The van der Waals surface area contributed by atoms with Gasteiger partial charge in [0.25, 0.3) is 5.91 Å². The van der Waals surface area contributed by atoms with Gasteiger partial charge in [0.15, 0.2) is 0 Å². The number of hydrogen-bond acceptors (Lipinski definition) is 7. The number of rotatable bonds is 5. The number of thioether (sulfide) groups is 1. The Labute approximate surface area is 153 Å². The average Bonchev–Trinajstić information content (AvgIpc) is 3.14. The summed E-state index contributed by atoms with van der Waals surface area (Å²) in [5, 5.41) is 14.3. The zero-order valence-electron chi connectivity index (χ0n) is 13.6. The lowest BCUT2D eigenvalue weighted by Crippen LogP contribution is -2.51. The number of amides is 2. The minimum atomic E-state index is 0.0556. The Morgan fingerprint density at radius 2 is 1.96 bits per heavy atom. The van der Waals surface area contributed by atoms with Crippen LogP contribution in [0.25, 0.3) is 0 Å². The minimum Gasteiger partial charge on any atom is -0.338 e. The van der Waals surface area contributed by atoms with E-state index in [4.69, 9.17) is 0 Å². The molecule has 2 aromatic heterocycles. The van der Waals surface area contributed by atoms with E-state index in [2.05, 4.69) is 15.5 Å². The van der Waals surface area contributed by atoms with Gasteiger partial charge in [0.2, 0.25) is 11.1 Å². The summed E-state index contributed by atoms with van der Waals surface area (Å²) in [6.45, 7) is 2.30. The standard InChI is InChI=1S/C15H18N6O2S2/c22-13(10-25-15-16-17-18-21(15)11-3-4-11)19-5-7-20(8-6-19)14(23)12-2-1-9-24-12/h1-2,9,11H,3-8,10H2. The zero-order chi connectivity index (χ0) is 17.2. The van der Waals surface area contributed by atoms with Gasteiger partial charge in [0.05, 0.1) is 16.7 Å². The molecular weight excluding hydrogens is 360 g/mol. The van der Waals surface area contributed by atoms with Crippen molar-refractivity contribution < 1.29 is 9.59 Å². The van der Waals surface area contributed by atoms with Gasteiger partial charge in [-0.1, -0.05) is 17.8 Å². The van der Waals surface area contributed by atoms with Crippen molar-refractivity contribution in [3.8, 4) is 0 Å². The molecule has 2 aliphatic rings. The van der Waals surface area contributed by atoms with E-state index in [0.29, 0.717) is 43.1 Å². The molecular formula is C15H18N6O2S2. The summed E-state index contributed by atoms with van der Waals surface area (Å²) in [5.74, 6) is 0.449. The van der Waals surface area contributed by atoms with Crippen molar-refractivity contribution in [1.29, 1.82) is 0 Å². The predicted octanol–water partition coefficient (Wildman–Crippen LogP) is 1.15. The van der Waals surface area contributed by atoms with E-state index in [9.17, 15) is 9.59 Å². The van der Waals surface area contributed by atoms with Crippen LogP contribution >= 0.6 is 23.1 Å². The predicted molar refractivity (Wildman–Crippen MR) is 93.6 cm³/mol. The van der Waals surface area contributed by atoms with Gasteiger partial charge in [0.1, 0.15) is 0 Å². The zero-order valence-corrected chi connectivity index (χ0v) is 15.2. The largest absolute Gasteiger partial charge is 0.338 e. The van der Waals surface area contributed by atoms with Crippen LogP contribution < -0.4 is 0 Å². The Kier molecular flexibility index (Phi) is 4.71. The summed E-state index contributed by atoms with van der Waals surface area (Å²) >= 11 is 2.84. The summed E-state index contributed by atoms with van der Waals surface area (Å²) in [6.07, 6.45) is 2.21. The second kappa shape index (κ2) is 7.12. The van der Waals surface area contributed by atoms with Crippen molar-refractivity contribution >= 4 is 34.9 Å². The topological polar surface area (TPSA) is 84.2 Å². The van der Waals surface area contributed by atoms with Crippen LogP contribution in [0, 0.1) is 0 Å². The maximum Gasteiger partial charge on any atom is 0.264 e. The van der Waals surface area contributed by atoms with Gasteiger partial charge >= 0.3 is 0 Å².